The number of nitrogens with zero attached hydrogens (tertiary/aromatic N) is 4. The molecule has 0 aliphatic rings. The van der Waals surface area contributed by atoms with Crippen LogP contribution in [0.3, 0.4) is 0 Å². The average molecular weight is 319 g/mol. The third-order valence-electron chi connectivity index (χ3n) is 3.18. The Bertz CT molecular complexity index is 803. The van der Waals surface area contributed by atoms with Crippen molar-refractivity contribution in [1.29, 1.82) is 0 Å². The van der Waals surface area contributed by atoms with Gasteiger partial charge in [0.05, 0.1) is 0 Å². The lowest BCUT2D eigenvalue weighted by Gasteiger charge is -2.13. The summed E-state index contributed by atoms with van der Waals surface area (Å²) in [6.07, 6.45) is 1.28. The molecule has 0 radical (unpaired) electrons. The van der Waals surface area contributed by atoms with Gasteiger partial charge in [0.2, 0.25) is 0 Å². The molecule has 7 heteroatoms. The van der Waals surface area contributed by atoms with Crippen LogP contribution in [0.1, 0.15) is 18.9 Å². The molecular formula is C15H15ClN4O2. The van der Waals surface area contributed by atoms with Crippen LogP contribution in [0.4, 0.5) is 6.01 Å². The van der Waals surface area contributed by atoms with Gasteiger partial charge in [-0.3, -0.25) is 0 Å². The first-order chi connectivity index (χ1) is 10.6. The summed E-state index contributed by atoms with van der Waals surface area (Å²) in [5.41, 5.74) is 0. The molecule has 1 unspecified atom stereocenters. The summed E-state index contributed by atoms with van der Waals surface area (Å²) in [5, 5.41) is 10.1. The van der Waals surface area contributed by atoms with Crippen molar-refractivity contribution in [1.82, 2.24) is 15.2 Å². The maximum atomic E-state index is 6.11. The summed E-state index contributed by atoms with van der Waals surface area (Å²) in [5.74, 6) is 1.11. The van der Waals surface area contributed by atoms with Crippen molar-refractivity contribution in [3.05, 3.63) is 41.5 Å². The molecule has 0 aliphatic heterocycles. The van der Waals surface area contributed by atoms with Gasteiger partial charge in [-0.15, -0.1) is 5.10 Å². The lowest BCUT2D eigenvalue weighted by Crippen LogP contribution is -2.08. The number of rotatable bonds is 4. The molecule has 2 heterocycles. The molecule has 0 aliphatic carbocycles. The third kappa shape index (κ3) is 2.69. The number of halogens is 1. The lowest BCUT2D eigenvalue weighted by molar-refractivity contribution is 0.192. The van der Waals surface area contributed by atoms with Crippen LogP contribution >= 0.6 is 11.6 Å². The fraction of sp³-hybridized carbons (Fsp3) is 0.267. The van der Waals surface area contributed by atoms with Gasteiger partial charge >= 0.3 is 6.01 Å². The van der Waals surface area contributed by atoms with Crippen molar-refractivity contribution in [2.45, 2.75) is 13.0 Å². The Labute approximate surface area is 132 Å². The van der Waals surface area contributed by atoms with Gasteiger partial charge in [-0.05, 0) is 19.1 Å². The Kier molecular flexibility index (Phi) is 3.85. The third-order valence-corrected chi connectivity index (χ3v) is 3.48. The van der Waals surface area contributed by atoms with E-state index in [0.717, 1.165) is 10.8 Å². The number of aromatic nitrogens is 3. The fourth-order valence-electron chi connectivity index (χ4n) is 2.06. The van der Waals surface area contributed by atoms with Crippen molar-refractivity contribution in [2.75, 3.05) is 19.0 Å². The molecule has 2 aromatic heterocycles. The summed E-state index contributed by atoms with van der Waals surface area (Å²) in [4.78, 5) is 5.81. The number of fused-ring (bicyclic) bond motifs is 1. The van der Waals surface area contributed by atoms with Crippen molar-refractivity contribution >= 4 is 28.4 Å². The minimum Gasteiger partial charge on any atom is -0.480 e. The monoisotopic (exact) mass is 318 g/mol. The average Bonchev–Trinajstić information content (AvgIpc) is 2.98. The predicted octanol–water partition coefficient (Wildman–Crippen LogP) is 3.48. The molecule has 6 nitrogen and oxygen atoms in total. The second kappa shape index (κ2) is 5.81. The molecule has 3 rings (SSSR count). The Balaban J connectivity index is 1.90. The fourth-order valence-corrected chi connectivity index (χ4v) is 2.28. The molecule has 0 bridgehead atoms. The van der Waals surface area contributed by atoms with Crippen molar-refractivity contribution in [2.24, 2.45) is 0 Å². The summed E-state index contributed by atoms with van der Waals surface area (Å²) >= 11 is 6.11. The number of anilines is 1. The summed E-state index contributed by atoms with van der Waals surface area (Å²) in [7, 11) is 3.67. The van der Waals surface area contributed by atoms with Crippen LogP contribution in [0.25, 0.3) is 10.8 Å². The molecule has 22 heavy (non-hydrogen) atoms. The second-order valence-corrected chi connectivity index (χ2v) is 5.39. The van der Waals surface area contributed by atoms with Gasteiger partial charge < -0.3 is 14.1 Å². The maximum absolute atomic E-state index is 6.11. The SMILES string of the molecule is CC(Oc1cccc2c(Cl)nccc12)c1nnc(N(C)C)o1. The highest BCUT2D eigenvalue weighted by Crippen LogP contribution is 2.32. The molecule has 114 valence electrons. The minimum absolute atomic E-state index is 0.376. The standard InChI is InChI=1S/C15H15ClN4O2/c1-9(14-18-19-15(22-14)20(2)3)21-12-6-4-5-11-10(12)7-8-17-13(11)16/h4-9H,1-3H3. The van der Waals surface area contributed by atoms with Gasteiger partial charge in [-0.25, -0.2) is 4.98 Å². The zero-order valence-electron chi connectivity index (χ0n) is 12.4. The molecule has 0 amide bonds. The van der Waals surface area contributed by atoms with E-state index in [0.29, 0.717) is 22.8 Å². The minimum atomic E-state index is -0.376. The lowest BCUT2D eigenvalue weighted by atomic mass is 10.1. The van der Waals surface area contributed by atoms with E-state index in [9.17, 15) is 0 Å². The highest BCUT2D eigenvalue weighted by molar-refractivity contribution is 6.34. The number of benzene rings is 1. The van der Waals surface area contributed by atoms with E-state index in [-0.39, 0.29) is 6.10 Å². The Morgan fingerprint density at radius 3 is 2.73 bits per heavy atom. The van der Waals surface area contributed by atoms with Crippen LogP contribution in [-0.4, -0.2) is 29.3 Å². The van der Waals surface area contributed by atoms with E-state index >= 15 is 0 Å². The van der Waals surface area contributed by atoms with Crippen molar-refractivity contribution in [3.63, 3.8) is 0 Å². The van der Waals surface area contributed by atoms with Crippen LogP contribution in [0, 0.1) is 0 Å². The van der Waals surface area contributed by atoms with E-state index in [4.69, 9.17) is 20.8 Å². The van der Waals surface area contributed by atoms with E-state index in [1.807, 2.05) is 45.3 Å². The molecule has 0 fully saturated rings. The zero-order chi connectivity index (χ0) is 15.7. The van der Waals surface area contributed by atoms with Gasteiger partial charge in [-0.1, -0.05) is 28.8 Å². The van der Waals surface area contributed by atoms with Crippen LogP contribution < -0.4 is 9.64 Å². The molecule has 1 aromatic carbocycles. The topological polar surface area (TPSA) is 64.3 Å². The largest absolute Gasteiger partial charge is 0.480 e. The van der Waals surface area contributed by atoms with Gasteiger partial charge in [0.15, 0.2) is 6.10 Å². The van der Waals surface area contributed by atoms with Crippen LogP contribution in [0.5, 0.6) is 5.75 Å². The molecule has 1 atom stereocenters. The molecule has 0 saturated carbocycles. The maximum Gasteiger partial charge on any atom is 0.317 e. The van der Waals surface area contributed by atoms with E-state index in [1.54, 1.807) is 11.1 Å². The Morgan fingerprint density at radius 1 is 1.18 bits per heavy atom. The second-order valence-electron chi connectivity index (χ2n) is 5.03. The van der Waals surface area contributed by atoms with Gasteiger partial charge in [-0.2, -0.15) is 0 Å². The van der Waals surface area contributed by atoms with Crippen molar-refractivity contribution < 1.29 is 9.15 Å². The van der Waals surface area contributed by atoms with Gasteiger partial charge in [0.1, 0.15) is 10.9 Å². The first kappa shape index (κ1) is 14.6. The predicted molar refractivity (Wildman–Crippen MR) is 84.4 cm³/mol. The van der Waals surface area contributed by atoms with E-state index < -0.39 is 0 Å². The number of hydrogen-bond donors (Lipinski definition) is 0. The molecule has 3 aromatic rings. The smallest absolute Gasteiger partial charge is 0.317 e. The summed E-state index contributed by atoms with van der Waals surface area (Å²) in [6, 6.07) is 7.95. The van der Waals surface area contributed by atoms with Crippen molar-refractivity contribution in [3.8, 4) is 5.75 Å². The van der Waals surface area contributed by atoms with Gasteiger partial charge in [0, 0.05) is 31.1 Å². The van der Waals surface area contributed by atoms with Crippen LogP contribution in [0.15, 0.2) is 34.9 Å². The Hall–Kier alpha value is -2.34. The quantitative estimate of drug-likeness (QED) is 0.686. The highest BCUT2D eigenvalue weighted by Gasteiger charge is 2.17. The first-order valence-corrected chi connectivity index (χ1v) is 7.14. The summed E-state index contributed by atoms with van der Waals surface area (Å²) < 4.78 is 11.5. The number of pyridine rings is 1. The molecule has 0 N–H and O–H groups in total. The Morgan fingerprint density at radius 2 is 2.00 bits per heavy atom. The molecule has 0 spiro atoms. The molecular weight excluding hydrogens is 304 g/mol. The first-order valence-electron chi connectivity index (χ1n) is 6.77. The van der Waals surface area contributed by atoms with Gasteiger partial charge in [0.25, 0.3) is 5.89 Å². The number of hydrogen-bond acceptors (Lipinski definition) is 6. The van der Waals surface area contributed by atoms with Crippen LogP contribution in [-0.2, 0) is 0 Å². The van der Waals surface area contributed by atoms with Crippen LogP contribution in [0.2, 0.25) is 5.15 Å². The van der Waals surface area contributed by atoms with E-state index in [2.05, 4.69) is 15.2 Å². The number of ether oxygens (including phenoxy) is 1. The zero-order valence-corrected chi connectivity index (χ0v) is 13.2. The van der Waals surface area contributed by atoms with E-state index in [1.165, 1.54) is 0 Å². The highest BCUT2D eigenvalue weighted by atomic mass is 35.5. The normalized spacial score (nSPS) is 12.4. The summed E-state index contributed by atoms with van der Waals surface area (Å²) in [6.45, 7) is 1.86. The molecule has 0 saturated heterocycles.